The van der Waals surface area contributed by atoms with Crippen molar-refractivity contribution < 1.29 is 18.0 Å². The van der Waals surface area contributed by atoms with Crippen molar-refractivity contribution in [1.29, 1.82) is 0 Å². The van der Waals surface area contributed by atoms with Gasteiger partial charge in [-0.15, -0.1) is 0 Å². The van der Waals surface area contributed by atoms with E-state index in [-0.39, 0.29) is 6.04 Å². The monoisotopic (exact) mass is 222 g/mol. The number of amides is 1. The molecule has 6 heteroatoms. The van der Waals surface area contributed by atoms with Gasteiger partial charge in [0, 0.05) is 0 Å². The molecule has 2 atom stereocenters. The number of halogens is 3. The fourth-order valence-electron chi connectivity index (χ4n) is 1.36. The van der Waals surface area contributed by atoms with Crippen molar-refractivity contribution in [3.8, 4) is 0 Å². The Morgan fingerprint density at radius 3 is 2.40 bits per heavy atom. The zero-order valence-electron chi connectivity index (χ0n) is 8.80. The third kappa shape index (κ3) is 2.13. The second kappa shape index (κ2) is 3.83. The fraction of sp³-hybridized carbons (Fsp3) is 0.778. The molecule has 86 valence electrons. The highest BCUT2D eigenvalue weighted by Crippen LogP contribution is 2.29. The second-order valence-electron chi connectivity index (χ2n) is 3.64. The van der Waals surface area contributed by atoms with Gasteiger partial charge in [0.05, 0.1) is 12.0 Å². The summed E-state index contributed by atoms with van der Waals surface area (Å²) < 4.78 is 37.2. The second-order valence-corrected chi connectivity index (χ2v) is 3.64. The van der Waals surface area contributed by atoms with Crippen LogP contribution in [0.5, 0.6) is 0 Å². The quantitative estimate of drug-likeness (QED) is 0.704. The van der Waals surface area contributed by atoms with E-state index in [4.69, 9.17) is 0 Å². The minimum absolute atomic E-state index is 0.292. The molecule has 0 aromatic carbocycles. The normalized spacial score (nSPS) is 24.4. The number of alkyl halides is 3. The molecular formula is C9H13F3N2O. The summed E-state index contributed by atoms with van der Waals surface area (Å²) >= 11 is 0. The van der Waals surface area contributed by atoms with E-state index < -0.39 is 23.7 Å². The standard InChI is InChI=1S/C9H13F3N2O/c1-4-5(2)14-8(15)6(3)7(13-14)9(10,11)12/h5-6H,4H2,1-3H3. The summed E-state index contributed by atoms with van der Waals surface area (Å²) in [5.74, 6) is -1.75. The van der Waals surface area contributed by atoms with Gasteiger partial charge in [-0.1, -0.05) is 6.92 Å². The molecule has 0 saturated carbocycles. The van der Waals surface area contributed by atoms with Crippen LogP contribution >= 0.6 is 0 Å². The highest BCUT2D eigenvalue weighted by molar-refractivity contribution is 6.10. The maximum atomic E-state index is 12.4. The lowest BCUT2D eigenvalue weighted by molar-refractivity contribution is -0.133. The maximum Gasteiger partial charge on any atom is 0.431 e. The maximum absolute atomic E-state index is 12.4. The minimum Gasteiger partial charge on any atom is -0.272 e. The molecule has 2 unspecified atom stereocenters. The predicted molar refractivity (Wildman–Crippen MR) is 49.3 cm³/mol. The van der Waals surface area contributed by atoms with Crippen LogP contribution in [0.2, 0.25) is 0 Å². The summed E-state index contributed by atoms with van der Waals surface area (Å²) in [6, 6.07) is -0.292. The Hall–Kier alpha value is -1.07. The first kappa shape index (κ1) is 12.0. The van der Waals surface area contributed by atoms with Crippen LogP contribution in [0, 0.1) is 5.92 Å². The number of rotatable bonds is 2. The van der Waals surface area contributed by atoms with Crippen molar-refractivity contribution >= 4 is 11.6 Å². The van der Waals surface area contributed by atoms with Crippen LogP contribution in [0.25, 0.3) is 0 Å². The van der Waals surface area contributed by atoms with E-state index in [2.05, 4.69) is 5.10 Å². The number of nitrogens with zero attached hydrogens (tertiary/aromatic N) is 2. The van der Waals surface area contributed by atoms with Crippen molar-refractivity contribution in [1.82, 2.24) is 5.01 Å². The van der Waals surface area contributed by atoms with E-state index >= 15 is 0 Å². The Morgan fingerprint density at radius 2 is 2.07 bits per heavy atom. The van der Waals surface area contributed by atoms with Gasteiger partial charge in [0.2, 0.25) is 0 Å². The minimum atomic E-state index is -4.52. The molecule has 0 aliphatic carbocycles. The number of hydrogen-bond donors (Lipinski definition) is 0. The Kier molecular flexibility index (Phi) is 3.06. The lowest BCUT2D eigenvalue weighted by Gasteiger charge is -2.19. The SMILES string of the molecule is CCC(C)N1N=C(C(F)(F)F)C(C)C1=O. The average molecular weight is 222 g/mol. The van der Waals surface area contributed by atoms with Gasteiger partial charge >= 0.3 is 6.18 Å². The Balaban J connectivity index is 2.97. The predicted octanol–water partition coefficient (Wildman–Crippen LogP) is 2.18. The fourth-order valence-corrected chi connectivity index (χ4v) is 1.36. The van der Waals surface area contributed by atoms with E-state index in [9.17, 15) is 18.0 Å². The molecular weight excluding hydrogens is 209 g/mol. The van der Waals surface area contributed by atoms with Gasteiger partial charge in [-0.05, 0) is 20.3 Å². The van der Waals surface area contributed by atoms with Crippen LogP contribution in [0.1, 0.15) is 27.2 Å². The van der Waals surface area contributed by atoms with E-state index in [0.717, 1.165) is 5.01 Å². The molecule has 0 bridgehead atoms. The molecule has 1 heterocycles. The Morgan fingerprint density at radius 1 is 1.53 bits per heavy atom. The van der Waals surface area contributed by atoms with Crippen LogP contribution in [0.15, 0.2) is 5.10 Å². The van der Waals surface area contributed by atoms with Crippen LogP contribution in [0.4, 0.5) is 13.2 Å². The first-order valence-corrected chi connectivity index (χ1v) is 4.77. The number of hydrogen-bond acceptors (Lipinski definition) is 2. The lowest BCUT2D eigenvalue weighted by Crippen LogP contribution is -2.34. The van der Waals surface area contributed by atoms with E-state index in [1.807, 2.05) is 0 Å². The zero-order chi connectivity index (χ0) is 11.8. The molecule has 0 aromatic rings. The summed E-state index contributed by atoms with van der Waals surface area (Å²) in [7, 11) is 0. The van der Waals surface area contributed by atoms with Gasteiger partial charge in [0.25, 0.3) is 5.91 Å². The van der Waals surface area contributed by atoms with Crippen molar-refractivity contribution in [2.24, 2.45) is 11.0 Å². The van der Waals surface area contributed by atoms with Gasteiger partial charge in [-0.25, -0.2) is 5.01 Å². The first-order valence-electron chi connectivity index (χ1n) is 4.77. The first-order chi connectivity index (χ1) is 6.79. The molecule has 3 nitrogen and oxygen atoms in total. The smallest absolute Gasteiger partial charge is 0.272 e. The third-order valence-electron chi connectivity index (χ3n) is 2.52. The van der Waals surface area contributed by atoms with Crippen molar-refractivity contribution in [3.05, 3.63) is 0 Å². The summed E-state index contributed by atoms with van der Waals surface area (Å²) in [6.45, 7) is 4.70. The van der Waals surface area contributed by atoms with Gasteiger partial charge in [-0.2, -0.15) is 18.3 Å². The molecule has 0 aromatic heterocycles. The summed E-state index contributed by atoms with van der Waals surface area (Å²) in [6.07, 6.45) is -3.94. The molecule has 0 radical (unpaired) electrons. The van der Waals surface area contributed by atoms with Crippen LogP contribution in [0.3, 0.4) is 0 Å². The van der Waals surface area contributed by atoms with Gasteiger partial charge < -0.3 is 0 Å². The molecule has 1 rings (SSSR count). The largest absolute Gasteiger partial charge is 0.431 e. The van der Waals surface area contributed by atoms with Crippen molar-refractivity contribution in [2.45, 2.75) is 39.4 Å². The lowest BCUT2D eigenvalue weighted by atomic mass is 10.1. The Bertz CT molecular complexity index is 298. The topological polar surface area (TPSA) is 32.7 Å². The molecule has 1 aliphatic rings. The van der Waals surface area contributed by atoms with Gasteiger partial charge in [-0.3, -0.25) is 4.79 Å². The summed E-state index contributed by atoms with van der Waals surface area (Å²) in [5, 5.41) is 4.31. The molecule has 0 fully saturated rings. The average Bonchev–Trinajstić information content (AvgIpc) is 2.42. The Labute approximate surface area is 85.9 Å². The summed E-state index contributed by atoms with van der Waals surface area (Å²) in [5.41, 5.74) is -0.993. The molecule has 0 spiro atoms. The van der Waals surface area contributed by atoms with Crippen LogP contribution in [-0.4, -0.2) is 28.8 Å². The van der Waals surface area contributed by atoms with E-state index in [0.29, 0.717) is 6.42 Å². The highest BCUT2D eigenvalue weighted by atomic mass is 19.4. The van der Waals surface area contributed by atoms with Gasteiger partial charge in [0.15, 0.2) is 5.71 Å². The molecule has 1 amide bonds. The van der Waals surface area contributed by atoms with E-state index in [1.54, 1.807) is 13.8 Å². The van der Waals surface area contributed by atoms with E-state index in [1.165, 1.54) is 6.92 Å². The molecule has 1 aliphatic heterocycles. The molecule has 15 heavy (non-hydrogen) atoms. The zero-order valence-corrected chi connectivity index (χ0v) is 8.80. The van der Waals surface area contributed by atoms with Crippen LogP contribution in [-0.2, 0) is 4.79 Å². The van der Waals surface area contributed by atoms with Crippen molar-refractivity contribution in [3.63, 3.8) is 0 Å². The highest BCUT2D eigenvalue weighted by Gasteiger charge is 2.48. The number of hydrazone groups is 1. The summed E-state index contributed by atoms with van der Waals surface area (Å²) in [4.78, 5) is 11.5. The molecule has 0 N–H and O–H groups in total. The van der Waals surface area contributed by atoms with Gasteiger partial charge in [0.1, 0.15) is 0 Å². The number of carbonyl (C=O) groups is 1. The third-order valence-corrected chi connectivity index (χ3v) is 2.52. The number of carbonyl (C=O) groups excluding carboxylic acids is 1. The molecule has 0 saturated heterocycles. The van der Waals surface area contributed by atoms with Crippen LogP contribution < -0.4 is 0 Å². The van der Waals surface area contributed by atoms with Crippen molar-refractivity contribution in [2.75, 3.05) is 0 Å².